The summed E-state index contributed by atoms with van der Waals surface area (Å²) in [5.41, 5.74) is 2.07. The molecule has 3 rings (SSSR count). The molecule has 0 radical (unpaired) electrons. The van der Waals surface area contributed by atoms with Gasteiger partial charge in [-0.2, -0.15) is 4.98 Å². The van der Waals surface area contributed by atoms with Gasteiger partial charge >= 0.3 is 0 Å². The number of aromatic nitrogens is 2. The highest BCUT2D eigenvalue weighted by molar-refractivity contribution is 5.58. The third-order valence-electron chi connectivity index (χ3n) is 4.13. The lowest BCUT2D eigenvalue weighted by molar-refractivity contribution is 0.0830. The van der Waals surface area contributed by atoms with Gasteiger partial charge in [-0.25, -0.2) is 0 Å². The highest BCUT2D eigenvalue weighted by atomic mass is 16.5. The van der Waals surface area contributed by atoms with E-state index in [2.05, 4.69) is 30.1 Å². The molecule has 1 aromatic carbocycles. The van der Waals surface area contributed by atoms with Crippen LogP contribution in [0, 0.1) is 0 Å². The molecule has 1 aromatic heterocycles. The van der Waals surface area contributed by atoms with E-state index in [9.17, 15) is 0 Å². The minimum atomic E-state index is 0.336. The van der Waals surface area contributed by atoms with Crippen LogP contribution in [0.25, 0.3) is 11.5 Å². The minimum absolute atomic E-state index is 0.336. The Balaban J connectivity index is 1.86. The lowest BCUT2D eigenvalue weighted by atomic mass is 9.99. The summed E-state index contributed by atoms with van der Waals surface area (Å²) in [6.45, 7) is 5.83. The lowest BCUT2D eigenvalue weighted by Crippen LogP contribution is -2.15. The summed E-state index contributed by atoms with van der Waals surface area (Å²) in [5.74, 6) is 2.94. The fourth-order valence-corrected chi connectivity index (χ4v) is 2.79. The second-order valence-corrected chi connectivity index (χ2v) is 5.96. The normalized spacial score (nSPS) is 16.2. The molecule has 0 unspecified atom stereocenters. The van der Waals surface area contributed by atoms with Crippen LogP contribution in [0.2, 0.25) is 0 Å². The maximum Gasteiger partial charge on any atom is 0.258 e. The maximum absolute atomic E-state index is 5.49. The smallest absolute Gasteiger partial charge is 0.258 e. The van der Waals surface area contributed by atoms with Crippen molar-refractivity contribution in [2.45, 2.75) is 38.5 Å². The third kappa shape index (κ3) is 2.99. The minimum Gasteiger partial charge on any atom is -0.496 e. The number of nitrogens with zero attached hydrogens (tertiary/aromatic N) is 2. The van der Waals surface area contributed by atoms with Gasteiger partial charge in [0, 0.05) is 24.7 Å². The van der Waals surface area contributed by atoms with Gasteiger partial charge < -0.3 is 14.0 Å². The van der Waals surface area contributed by atoms with Crippen LogP contribution in [-0.4, -0.2) is 30.5 Å². The van der Waals surface area contributed by atoms with E-state index in [-0.39, 0.29) is 0 Å². The summed E-state index contributed by atoms with van der Waals surface area (Å²) in [4.78, 5) is 4.57. The van der Waals surface area contributed by atoms with E-state index in [0.717, 1.165) is 43.2 Å². The summed E-state index contributed by atoms with van der Waals surface area (Å²) in [6, 6.07) is 6.05. The largest absolute Gasteiger partial charge is 0.496 e. The van der Waals surface area contributed by atoms with Crippen LogP contribution in [0.3, 0.4) is 0 Å². The first-order chi connectivity index (χ1) is 10.7. The molecular formula is C17H22N2O3. The van der Waals surface area contributed by atoms with Gasteiger partial charge in [0.25, 0.3) is 5.89 Å². The van der Waals surface area contributed by atoms with Crippen LogP contribution >= 0.6 is 0 Å². The summed E-state index contributed by atoms with van der Waals surface area (Å²) in [5, 5.41) is 4.15. The second kappa shape index (κ2) is 6.48. The zero-order valence-corrected chi connectivity index (χ0v) is 13.3. The highest BCUT2D eigenvalue weighted by Crippen LogP contribution is 2.32. The molecule has 1 saturated heterocycles. The van der Waals surface area contributed by atoms with E-state index in [4.69, 9.17) is 14.0 Å². The average Bonchev–Trinajstić information content (AvgIpc) is 3.05. The number of benzene rings is 1. The Morgan fingerprint density at radius 2 is 2.00 bits per heavy atom. The maximum atomic E-state index is 5.49. The van der Waals surface area contributed by atoms with Crippen molar-refractivity contribution in [3.8, 4) is 17.2 Å². The van der Waals surface area contributed by atoms with Crippen LogP contribution in [0.1, 0.15) is 49.9 Å². The number of methoxy groups -OCH3 is 1. The van der Waals surface area contributed by atoms with Crippen molar-refractivity contribution in [2.75, 3.05) is 20.3 Å². The third-order valence-corrected chi connectivity index (χ3v) is 4.13. The topological polar surface area (TPSA) is 57.4 Å². The van der Waals surface area contributed by atoms with Crippen LogP contribution in [0.4, 0.5) is 0 Å². The molecule has 0 bridgehead atoms. The Labute approximate surface area is 130 Å². The Hall–Kier alpha value is -1.88. The summed E-state index contributed by atoms with van der Waals surface area (Å²) < 4.78 is 16.3. The molecule has 1 fully saturated rings. The first kappa shape index (κ1) is 15.0. The van der Waals surface area contributed by atoms with Crippen molar-refractivity contribution in [3.05, 3.63) is 29.6 Å². The fraction of sp³-hybridized carbons (Fsp3) is 0.529. The van der Waals surface area contributed by atoms with Crippen molar-refractivity contribution in [1.82, 2.24) is 10.1 Å². The Bertz CT molecular complexity index is 631. The molecule has 0 N–H and O–H groups in total. The van der Waals surface area contributed by atoms with Gasteiger partial charge in [0.15, 0.2) is 5.82 Å². The zero-order valence-electron chi connectivity index (χ0n) is 13.3. The molecule has 22 heavy (non-hydrogen) atoms. The van der Waals surface area contributed by atoms with Crippen molar-refractivity contribution in [1.29, 1.82) is 0 Å². The second-order valence-electron chi connectivity index (χ2n) is 5.96. The van der Waals surface area contributed by atoms with E-state index < -0.39 is 0 Å². The van der Waals surface area contributed by atoms with E-state index in [1.807, 2.05) is 12.1 Å². The number of hydrogen-bond acceptors (Lipinski definition) is 5. The van der Waals surface area contributed by atoms with Crippen LogP contribution < -0.4 is 4.74 Å². The van der Waals surface area contributed by atoms with Gasteiger partial charge in [-0.15, -0.1) is 0 Å². The molecule has 1 aliphatic heterocycles. The van der Waals surface area contributed by atoms with Crippen LogP contribution in [-0.2, 0) is 4.74 Å². The molecular weight excluding hydrogens is 280 g/mol. The van der Waals surface area contributed by atoms with Gasteiger partial charge in [-0.3, -0.25) is 0 Å². The number of ether oxygens (including phenoxy) is 2. The molecule has 0 aliphatic carbocycles. The van der Waals surface area contributed by atoms with Gasteiger partial charge in [0.05, 0.1) is 7.11 Å². The lowest BCUT2D eigenvalue weighted by Gasteiger charge is -2.18. The van der Waals surface area contributed by atoms with E-state index >= 15 is 0 Å². The van der Waals surface area contributed by atoms with Crippen LogP contribution in [0.5, 0.6) is 5.75 Å². The van der Waals surface area contributed by atoms with E-state index in [1.165, 1.54) is 5.56 Å². The zero-order chi connectivity index (χ0) is 15.5. The first-order valence-electron chi connectivity index (χ1n) is 7.78. The quantitative estimate of drug-likeness (QED) is 0.860. The molecule has 5 nitrogen and oxygen atoms in total. The van der Waals surface area contributed by atoms with Gasteiger partial charge in [0.1, 0.15) is 5.75 Å². The van der Waals surface area contributed by atoms with Crippen molar-refractivity contribution < 1.29 is 14.0 Å². The molecule has 118 valence electrons. The van der Waals surface area contributed by atoms with Gasteiger partial charge in [0.2, 0.25) is 0 Å². The van der Waals surface area contributed by atoms with Crippen molar-refractivity contribution >= 4 is 0 Å². The van der Waals surface area contributed by atoms with Crippen LogP contribution in [0.15, 0.2) is 22.7 Å². The molecule has 0 atom stereocenters. The summed E-state index contributed by atoms with van der Waals surface area (Å²) in [7, 11) is 1.69. The first-order valence-corrected chi connectivity index (χ1v) is 7.78. The molecule has 2 heterocycles. The Morgan fingerprint density at radius 3 is 2.68 bits per heavy atom. The van der Waals surface area contributed by atoms with E-state index in [1.54, 1.807) is 7.11 Å². The summed E-state index contributed by atoms with van der Waals surface area (Å²) in [6.07, 6.45) is 1.91. The average molecular weight is 302 g/mol. The van der Waals surface area contributed by atoms with Crippen molar-refractivity contribution in [2.24, 2.45) is 0 Å². The molecule has 0 spiro atoms. The Morgan fingerprint density at radius 1 is 1.23 bits per heavy atom. The monoisotopic (exact) mass is 302 g/mol. The predicted octanol–water partition coefficient (Wildman–Crippen LogP) is 3.76. The number of hydrogen-bond donors (Lipinski definition) is 0. The molecule has 5 heteroatoms. The van der Waals surface area contributed by atoms with Crippen molar-refractivity contribution in [3.63, 3.8) is 0 Å². The highest BCUT2D eigenvalue weighted by Gasteiger charge is 2.22. The SMILES string of the molecule is COc1cc(-c2nc(C3CCOCC3)no2)ccc1C(C)C. The number of rotatable bonds is 4. The van der Waals surface area contributed by atoms with Gasteiger partial charge in [-0.1, -0.05) is 25.1 Å². The fourth-order valence-electron chi connectivity index (χ4n) is 2.79. The summed E-state index contributed by atoms with van der Waals surface area (Å²) >= 11 is 0. The Kier molecular flexibility index (Phi) is 4.43. The van der Waals surface area contributed by atoms with Gasteiger partial charge in [-0.05, 0) is 36.5 Å². The molecule has 0 amide bonds. The molecule has 2 aromatic rings. The molecule has 0 saturated carbocycles. The molecule has 1 aliphatic rings. The van der Waals surface area contributed by atoms with E-state index in [0.29, 0.717) is 17.7 Å². The standard InChI is InChI=1S/C17H22N2O3/c1-11(2)14-5-4-13(10-15(14)20-3)17-18-16(19-22-17)12-6-8-21-9-7-12/h4-5,10-12H,6-9H2,1-3H3. The predicted molar refractivity (Wildman–Crippen MR) is 83.2 cm³/mol.